The molecule has 0 amide bonds. The van der Waals surface area contributed by atoms with Gasteiger partial charge in [0.1, 0.15) is 17.8 Å². The zero-order chi connectivity index (χ0) is 13.1. The Bertz CT molecular complexity index is 663. The lowest BCUT2D eigenvalue weighted by atomic mass is 10.2. The molecule has 0 bridgehead atoms. The van der Waals surface area contributed by atoms with Gasteiger partial charge in [0.05, 0.1) is 6.54 Å². The Balaban J connectivity index is 1.72. The maximum Gasteiger partial charge on any atom is 0.218 e. The van der Waals surface area contributed by atoms with E-state index < -0.39 is 0 Å². The molecule has 0 saturated heterocycles. The van der Waals surface area contributed by atoms with Gasteiger partial charge in [0.2, 0.25) is 5.95 Å². The summed E-state index contributed by atoms with van der Waals surface area (Å²) in [6, 6.07) is 11.4. The van der Waals surface area contributed by atoms with Crippen molar-refractivity contribution in [1.82, 2.24) is 15.2 Å². The van der Waals surface area contributed by atoms with Gasteiger partial charge in [0.15, 0.2) is 0 Å². The molecule has 1 aromatic carbocycles. The van der Waals surface area contributed by atoms with Crippen molar-refractivity contribution >= 4 is 17.5 Å². The van der Waals surface area contributed by atoms with Crippen molar-refractivity contribution in [3.8, 4) is 11.3 Å². The number of H-pyrrole nitrogens is 1. The van der Waals surface area contributed by atoms with Crippen LogP contribution in [0.15, 0.2) is 47.1 Å². The number of aromatic amines is 1. The molecule has 0 aliphatic heterocycles. The number of hydrogen-bond acceptors (Lipinski definition) is 4. The first-order chi connectivity index (χ1) is 9.31. The fraction of sp³-hybridized carbons (Fsp3) is 0.0769. The number of hydrogen-bond donors (Lipinski definition) is 2. The van der Waals surface area contributed by atoms with Gasteiger partial charge in [-0.1, -0.05) is 23.7 Å². The van der Waals surface area contributed by atoms with Crippen molar-refractivity contribution in [1.29, 1.82) is 0 Å². The third-order valence-corrected chi connectivity index (χ3v) is 2.85. The maximum atomic E-state index is 5.96. The fourth-order valence-electron chi connectivity index (χ4n) is 1.73. The molecule has 96 valence electrons. The second-order valence-electron chi connectivity index (χ2n) is 3.96. The summed E-state index contributed by atoms with van der Waals surface area (Å²) in [6.45, 7) is 0.537. The van der Waals surface area contributed by atoms with Crippen molar-refractivity contribution < 1.29 is 4.42 Å². The highest BCUT2D eigenvalue weighted by Gasteiger charge is 2.05. The van der Waals surface area contributed by atoms with Crippen LogP contribution in [0.25, 0.3) is 11.3 Å². The van der Waals surface area contributed by atoms with Crippen molar-refractivity contribution in [2.24, 2.45) is 0 Å². The third kappa shape index (κ3) is 2.77. The highest BCUT2D eigenvalue weighted by molar-refractivity contribution is 6.30. The summed E-state index contributed by atoms with van der Waals surface area (Å²) in [5.74, 6) is 2.21. The van der Waals surface area contributed by atoms with E-state index in [2.05, 4.69) is 20.5 Å². The number of nitrogens with one attached hydrogen (secondary N) is 2. The molecule has 0 saturated carbocycles. The Morgan fingerprint density at radius 3 is 3.00 bits per heavy atom. The Morgan fingerprint density at radius 2 is 2.21 bits per heavy atom. The molecule has 0 atom stereocenters. The second-order valence-corrected chi connectivity index (χ2v) is 4.40. The Hall–Kier alpha value is -2.27. The molecule has 0 aliphatic rings. The second kappa shape index (κ2) is 5.16. The molecule has 0 aliphatic carbocycles. The van der Waals surface area contributed by atoms with Gasteiger partial charge in [-0.15, -0.1) is 0 Å². The first kappa shape index (κ1) is 11.8. The van der Waals surface area contributed by atoms with Crippen LogP contribution in [0, 0.1) is 0 Å². The van der Waals surface area contributed by atoms with Crippen molar-refractivity contribution in [2.75, 3.05) is 5.32 Å². The lowest BCUT2D eigenvalue weighted by Crippen LogP contribution is -1.99. The predicted molar refractivity (Wildman–Crippen MR) is 72.9 cm³/mol. The topological polar surface area (TPSA) is 66.7 Å². The summed E-state index contributed by atoms with van der Waals surface area (Å²) in [7, 11) is 0. The lowest BCUT2D eigenvalue weighted by Gasteiger charge is -2.00. The van der Waals surface area contributed by atoms with Gasteiger partial charge in [-0.05, 0) is 24.3 Å². The van der Waals surface area contributed by atoms with Gasteiger partial charge < -0.3 is 9.73 Å². The molecule has 0 fully saturated rings. The van der Waals surface area contributed by atoms with Crippen molar-refractivity contribution in [3.63, 3.8) is 0 Å². The first-order valence-corrected chi connectivity index (χ1v) is 6.13. The highest BCUT2D eigenvalue weighted by atomic mass is 35.5. The van der Waals surface area contributed by atoms with E-state index in [1.807, 2.05) is 36.4 Å². The van der Waals surface area contributed by atoms with Crippen LogP contribution in [-0.2, 0) is 6.54 Å². The highest BCUT2D eigenvalue weighted by Crippen LogP contribution is 2.24. The molecular weight excluding hydrogens is 264 g/mol. The number of nitrogens with zero attached hydrogens (tertiary/aromatic N) is 2. The standard InChI is InChI=1S/C13H11ClN4O/c14-10-3-1-2-9(6-10)12-5-4-11(19-12)7-15-13-16-8-17-18-13/h1-6,8H,7H2,(H2,15,16,17,18). The molecule has 2 N–H and O–H groups in total. The van der Waals surface area contributed by atoms with Crippen LogP contribution in [0.2, 0.25) is 5.02 Å². The van der Waals surface area contributed by atoms with Gasteiger partial charge in [-0.25, -0.2) is 10.1 Å². The van der Waals surface area contributed by atoms with Crippen molar-refractivity contribution in [3.05, 3.63) is 53.5 Å². The van der Waals surface area contributed by atoms with E-state index >= 15 is 0 Å². The average Bonchev–Trinajstić information content (AvgIpc) is 3.08. The molecule has 3 aromatic rings. The molecule has 5 nitrogen and oxygen atoms in total. The summed E-state index contributed by atoms with van der Waals surface area (Å²) in [6.07, 6.45) is 1.45. The van der Waals surface area contributed by atoms with E-state index in [4.69, 9.17) is 16.0 Å². The number of benzene rings is 1. The molecule has 0 spiro atoms. The van der Waals surface area contributed by atoms with Crippen LogP contribution in [0.3, 0.4) is 0 Å². The van der Waals surface area contributed by atoms with Gasteiger partial charge >= 0.3 is 0 Å². The molecule has 2 heterocycles. The Labute approximate surface area is 114 Å². The van der Waals surface area contributed by atoms with Crippen molar-refractivity contribution in [2.45, 2.75) is 6.54 Å². The number of anilines is 1. The average molecular weight is 275 g/mol. The smallest absolute Gasteiger partial charge is 0.218 e. The third-order valence-electron chi connectivity index (χ3n) is 2.62. The molecule has 19 heavy (non-hydrogen) atoms. The number of aromatic nitrogens is 3. The van der Waals surface area contributed by atoms with E-state index in [0.29, 0.717) is 17.5 Å². The number of furan rings is 1. The Morgan fingerprint density at radius 1 is 1.26 bits per heavy atom. The molecule has 2 aromatic heterocycles. The number of rotatable bonds is 4. The maximum absolute atomic E-state index is 5.96. The monoisotopic (exact) mass is 274 g/mol. The van der Waals surface area contributed by atoms with E-state index in [1.165, 1.54) is 6.33 Å². The Kier molecular flexibility index (Phi) is 3.20. The minimum atomic E-state index is 0.537. The molecular formula is C13H11ClN4O. The first-order valence-electron chi connectivity index (χ1n) is 5.75. The summed E-state index contributed by atoms with van der Waals surface area (Å²) in [4.78, 5) is 3.97. The van der Waals surface area contributed by atoms with Crippen LogP contribution in [0.1, 0.15) is 5.76 Å². The quantitative estimate of drug-likeness (QED) is 0.766. The lowest BCUT2D eigenvalue weighted by molar-refractivity contribution is 0.531. The van der Waals surface area contributed by atoms with E-state index in [0.717, 1.165) is 17.1 Å². The normalized spacial score (nSPS) is 10.6. The summed E-state index contributed by atoms with van der Waals surface area (Å²) in [5.41, 5.74) is 0.957. The van der Waals surface area contributed by atoms with Gasteiger partial charge in [-0.3, -0.25) is 0 Å². The fourth-order valence-corrected chi connectivity index (χ4v) is 1.92. The molecule has 0 radical (unpaired) electrons. The zero-order valence-corrected chi connectivity index (χ0v) is 10.7. The molecule has 3 rings (SSSR count). The van der Waals surface area contributed by atoms with Gasteiger partial charge in [-0.2, -0.15) is 5.10 Å². The van der Waals surface area contributed by atoms with Crippen LogP contribution in [0.5, 0.6) is 0 Å². The van der Waals surface area contributed by atoms with Gasteiger partial charge in [0.25, 0.3) is 0 Å². The van der Waals surface area contributed by atoms with E-state index in [1.54, 1.807) is 0 Å². The van der Waals surface area contributed by atoms with E-state index in [-0.39, 0.29) is 0 Å². The number of halogens is 1. The molecule has 6 heteroatoms. The van der Waals surface area contributed by atoms with Crippen LogP contribution in [0.4, 0.5) is 5.95 Å². The molecule has 0 unspecified atom stereocenters. The summed E-state index contributed by atoms with van der Waals surface area (Å²) in [5, 5.41) is 10.2. The summed E-state index contributed by atoms with van der Waals surface area (Å²) < 4.78 is 5.74. The van der Waals surface area contributed by atoms with Crippen LogP contribution in [-0.4, -0.2) is 15.2 Å². The van der Waals surface area contributed by atoms with Gasteiger partial charge in [0, 0.05) is 10.6 Å². The SMILES string of the molecule is Clc1cccc(-c2ccc(CNc3ncn[nH]3)o2)c1. The van der Waals surface area contributed by atoms with E-state index in [9.17, 15) is 0 Å². The predicted octanol–water partition coefficient (Wildman–Crippen LogP) is 3.33. The van der Waals surface area contributed by atoms with Crippen LogP contribution >= 0.6 is 11.6 Å². The zero-order valence-electron chi connectivity index (χ0n) is 9.93. The minimum Gasteiger partial charge on any atom is -0.459 e. The largest absolute Gasteiger partial charge is 0.459 e. The summed E-state index contributed by atoms with van der Waals surface area (Å²) >= 11 is 5.96. The van der Waals surface area contributed by atoms with Crippen LogP contribution < -0.4 is 5.32 Å². The minimum absolute atomic E-state index is 0.537.